The molecule has 3 rings (SSSR count). The Kier molecular flexibility index (Phi) is 5.49. The SMILES string of the molecule is O=C(Nc1ccc(F)c(F)c1)c1cc(Cl)ccc1OCc1ccccc1. The molecule has 0 saturated heterocycles. The first-order valence-corrected chi connectivity index (χ1v) is 8.13. The molecule has 0 unspecified atom stereocenters. The second-order valence-corrected chi connectivity index (χ2v) is 5.93. The van der Waals surface area contributed by atoms with Gasteiger partial charge >= 0.3 is 0 Å². The average molecular weight is 374 g/mol. The van der Waals surface area contributed by atoms with E-state index in [1.54, 1.807) is 12.1 Å². The number of ether oxygens (including phenoxy) is 1. The zero-order valence-corrected chi connectivity index (χ0v) is 14.3. The van der Waals surface area contributed by atoms with Crippen LogP contribution in [0.5, 0.6) is 5.75 Å². The average Bonchev–Trinajstić information content (AvgIpc) is 2.64. The summed E-state index contributed by atoms with van der Waals surface area (Å²) in [6.07, 6.45) is 0. The Balaban J connectivity index is 1.80. The summed E-state index contributed by atoms with van der Waals surface area (Å²) in [4.78, 5) is 12.5. The molecule has 6 heteroatoms. The molecule has 0 saturated carbocycles. The van der Waals surface area contributed by atoms with Crippen LogP contribution in [0.1, 0.15) is 15.9 Å². The molecule has 3 aromatic carbocycles. The van der Waals surface area contributed by atoms with Crippen molar-refractivity contribution in [3.05, 3.63) is 94.5 Å². The molecular formula is C20H14ClF2NO2. The molecule has 132 valence electrons. The van der Waals surface area contributed by atoms with Gasteiger partial charge in [-0.1, -0.05) is 41.9 Å². The van der Waals surface area contributed by atoms with E-state index in [-0.39, 0.29) is 17.9 Å². The van der Waals surface area contributed by atoms with Crippen molar-refractivity contribution in [3.63, 3.8) is 0 Å². The highest BCUT2D eigenvalue weighted by Crippen LogP contribution is 2.25. The lowest BCUT2D eigenvalue weighted by Gasteiger charge is -2.12. The molecule has 0 aliphatic heterocycles. The van der Waals surface area contributed by atoms with E-state index in [9.17, 15) is 13.6 Å². The van der Waals surface area contributed by atoms with Gasteiger partial charge in [0.25, 0.3) is 5.91 Å². The monoisotopic (exact) mass is 373 g/mol. The topological polar surface area (TPSA) is 38.3 Å². The van der Waals surface area contributed by atoms with E-state index in [0.717, 1.165) is 17.7 Å². The third-order valence-corrected chi connectivity index (χ3v) is 3.84. The van der Waals surface area contributed by atoms with Crippen molar-refractivity contribution >= 4 is 23.2 Å². The minimum Gasteiger partial charge on any atom is -0.488 e. The van der Waals surface area contributed by atoms with E-state index < -0.39 is 17.5 Å². The lowest BCUT2D eigenvalue weighted by Crippen LogP contribution is -2.14. The second-order valence-electron chi connectivity index (χ2n) is 5.50. The van der Waals surface area contributed by atoms with Crippen molar-refractivity contribution in [2.75, 3.05) is 5.32 Å². The summed E-state index contributed by atoms with van der Waals surface area (Å²) < 4.78 is 32.1. The van der Waals surface area contributed by atoms with Gasteiger partial charge in [0.1, 0.15) is 12.4 Å². The van der Waals surface area contributed by atoms with E-state index in [0.29, 0.717) is 10.8 Å². The van der Waals surface area contributed by atoms with Gasteiger partial charge in [-0.2, -0.15) is 0 Å². The van der Waals surface area contributed by atoms with Crippen LogP contribution in [-0.2, 0) is 6.61 Å². The van der Waals surface area contributed by atoms with Crippen LogP contribution in [0.3, 0.4) is 0 Å². The Bertz CT molecular complexity index is 932. The predicted molar refractivity (Wildman–Crippen MR) is 96.5 cm³/mol. The maximum Gasteiger partial charge on any atom is 0.259 e. The van der Waals surface area contributed by atoms with Crippen LogP contribution in [-0.4, -0.2) is 5.91 Å². The van der Waals surface area contributed by atoms with E-state index in [1.165, 1.54) is 12.1 Å². The zero-order valence-electron chi connectivity index (χ0n) is 13.5. The van der Waals surface area contributed by atoms with Crippen LogP contribution in [0.4, 0.5) is 14.5 Å². The lowest BCUT2D eigenvalue weighted by atomic mass is 10.1. The summed E-state index contributed by atoms with van der Waals surface area (Å²) in [6.45, 7) is 0.272. The number of hydrogen-bond donors (Lipinski definition) is 1. The third kappa shape index (κ3) is 4.37. The molecule has 0 aromatic heterocycles. The van der Waals surface area contributed by atoms with Gasteiger partial charge in [-0.05, 0) is 35.9 Å². The molecule has 0 bridgehead atoms. The molecule has 0 aliphatic rings. The van der Waals surface area contributed by atoms with Crippen LogP contribution in [0.25, 0.3) is 0 Å². The molecule has 1 N–H and O–H groups in total. The molecular weight excluding hydrogens is 360 g/mol. The number of amides is 1. The molecule has 0 atom stereocenters. The van der Waals surface area contributed by atoms with Gasteiger partial charge in [0, 0.05) is 16.8 Å². The Morgan fingerprint density at radius 1 is 0.962 bits per heavy atom. The quantitative estimate of drug-likeness (QED) is 0.645. The largest absolute Gasteiger partial charge is 0.488 e. The number of hydrogen-bond acceptors (Lipinski definition) is 2. The van der Waals surface area contributed by atoms with Crippen LogP contribution in [0.15, 0.2) is 66.7 Å². The van der Waals surface area contributed by atoms with Gasteiger partial charge in [-0.3, -0.25) is 4.79 Å². The molecule has 3 aromatic rings. The van der Waals surface area contributed by atoms with E-state index >= 15 is 0 Å². The van der Waals surface area contributed by atoms with Crippen molar-refractivity contribution in [1.29, 1.82) is 0 Å². The number of carbonyl (C=O) groups is 1. The first-order valence-electron chi connectivity index (χ1n) is 7.75. The maximum atomic E-state index is 13.3. The van der Waals surface area contributed by atoms with Gasteiger partial charge in [0.05, 0.1) is 5.56 Å². The lowest BCUT2D eigenvalue weighted by molar-refractivity contribution is 0.102. The zero-order chi connectivity index (χ0) is 18.5. The third-order valence-electron chi connectivity index (χ3n) is 3.60. The molecule has 3 nitrogen and oxygen atoms in total. The molecule has 0 heterocycles. The first kappa shape index (κ1) is 17.9. The summed E-state index contributed by atoms with van der Waals surface area (Å²) in [7, 11) is 0. The standard InChI is InChI=1S/C20H14ClF2NO2/c21-14-6-9-19(26-12-13-4-2-1-3-5-13)16(10-14)20(25)24-15-7-8-17(22)18(23)11-15/h1-11H,12H2,(H,24,25). The van der Waals surface area contributed by atoms with E-state index in [4.69, 9.17) is 16.3 Å². The number of carbonyl (C=O) groups excluding carboxylic acids is 1. The van der Waals surface area contributed by atoms with Gasteiger partial charge in [-0.15, -0.1) is 0 Å². The number of anilines is 1. The maximum absolute atomic E-state index is 13.3. The van der Waals surface area contributed by atoms with Crippen molar-refractivity contribution in [2.45, 2.75) is 6.61 Å². The Hall–Kier alpha value is -2.92. The van der Waals surface area contributed by atoms with Crippen molar-refractivity contribution in [1.82, 2.24) is 0 Å². The fourth-order valence-electron chi connectivity index (χ4n) is 2.31. The minimum atomic E-state index is -1.05. The van der Waals surface area contributed by atoms with Crippen LogP contribution in [0.2, 0.25) is 5.02 Å². The summed E-state index contributed by atoms with van der Waals surface area (Å²) >= 11 is 5.98. The highest BCUT2D eigenvalue weighted by atomic mass is 35.5. The molecule has 0 aliphatic carbocycles. The van der Waals surface area contributed by atoms with Gasteiger partial charge in [0.15, 0.2) is 11.6 Å². The van der Waals surface area contributed by atoms with Crippen LogP contribution in [0, 0.1) is 11.6 Å². The fraction of sp³-hybridized carbons (Fsp3) is 0.0500. The van der Waals surface area contributed by atoms with Crippen molar-refractivity contribution < 1.29 is 18.3 Å². The predicted octanol–water partition coefficient (Wildman–Crippen LogP) is 5.45. The summed E-state index contributed by atoms with van der Waals surface area (Å²) in [5.74, 6) is -2.24. The summed E-state index contributed by atoms with van der Waals surface area (Å²) in [5.41, 5.74) is 1.26. The smallest absolute Gasteiger partial charge is 0.259 e. The van der Waals surface area contributed by atoms with Crippen molar-refractivity contribution in [2.24, 2.45) is 0 Å². The molecule has 0 spiro atoms. The Labute approximate surface area is 154 Å². The normalized spacial score (nSPS) is 10.4. The van der Waals surface area contributed by atoms with E-state index in [1.807, 2.05) is 30.3 Å². The molecule has 26 heavy (non-hydrogen) atoms. The van der Waals surface area contributed by atoms with Gasteiger partial charge in [0.2, 0.25) is 0 Å². The number of benzene rings is 3. The van der Waals surface area contributed by atoms with Gasteiger partial charge < -0.3 is 10.1 Å². The minimum absolute atomic E-state index is 0.128. The number of nitrogens with one attached hydrogen (secondary N) is 1. The van der Waals surface area contributed by atoms with Crippen LogP contribution < -0.4 is 10.1 Å². The Morgan fingerprint density at radius 3 is 2.46 bits per heavy atom. The molecule has 0 fully saturated rings. The second kappa shape index (κ2) is 7.97. The molecule has 0 radical (unpaired) electrons. The first-order chi connectivity index (χ1) is 12.5. The Morgan fingerprint density at radius 2 is 1.73 bits per heavy atom. The molecule has 1 amide bonds. The highest BCUT2D eigenvalue weighted by molar-refractivity contribution is 6.31. The summed E-state index contributed by atoms with van der Waals surface area (Å²) in [5, 5.41) is 2.86. The van der Waals surface area contributed by atoms with Crippen LogP contribution >= 0.6 is 11.6 Å². The van der Waals surface area contributed by atoms with E-state index in [2.05, 4.69) is 5.32 Å². The van der Waals surface area contributed by atoms with Crippen molar-refractivity contribution in [3.8, 4) is 5.75 Å². The number of halogens is 3. The highest BCUT2D eigenvalue weighted by Gasteiger charge is 2.15. The fourth-order valence-corrected chi connectivity index (χ4v) is 2.49. The number of rotatable bonds is 5. The van der Waals surface area contributed by atoms with Gasteiger partial charge in [-0.25, -0.2) is 8.78 Å². The summed E-state index contributed by atoms with van der Waals surface area (Å²) in [6, 6.07) is 17.2.